The molecule has 1 fully saturated rings. The molecule has 0 heterocycles. The zero-order valence-corrected chi connectivity index (χ0v) is 11.2. The van der Waals surface area contributed by atoms with Gasteiger partial charge in [0.2, 0.25) is 5.91 Å². The SMILES string of the molecule is Cc1ccc(C#N)cc1NC(=O)C1CCC(C(=O)O)C1. The fraction of sp³-hybridized carbons (Fsp3) is 0.400. The minimum atomic E-state index is -0.831. The van der Waals surface area contributed by atoms with E-state index in [-0.39, 0.29) is 11.8 Å². The van der Waals surface area contributed by atoms with Gasteiger partial charge in [0.25, 0.3) is 0 Å². The Labute approximate surface area is 117 Å². The maximum atomic E-state index is 12.1. The summed E-state index contributed by atoms with van der Waals surface area (Å²) in [5, 5.41) is 20.6. The van der Waals surface area contributed by atoms with Gasteiger partial charge in [-0.2, -0.15) is 5.26 Å². The van der Waals surface area contributed by atoms with Gasteiger partial charge >= 0.3 is 5.97 Å². The first-order valence-corrected chi connectivity index (χ1v) is 6.55. The maximum absolute atomic E-state index is 12.1. The second-order valence-corrected chi connectivity index (χ2v) is 5.18. The minimum Gasteiger partial charge on any atom is -0.481 e. The third-order valence-corrected chi connectivity index (χ3v) is 3.78. The van der Waals surface area contributed by atoms with Crippen LogP contribution in [0.15, 0.2) is 18.2 Å². The molecule has 0 spiro atoms. The van der Waals surface area contributed by atoms with Gasteiger partial charge in [-0.15, -0.1) is 0 Å². The number of nitrogens with zero attached hydrogens (tertiary/aromatic N) is 1. The second-order valence-electron chi connectivity index (χ2n) is 5.18. The molecule has 1 aromatic rings. The van der Waals surface area contributed by atoms with Gasteiger partial charge < -0.3 is 10.4 Å². The fourth-order valence-electron chi connectivity index (χ4n) is 2.50. The van der Waals surface area contributed by atoms with Gasteiger partial charge in [-0.3, -0.25) is 9.59 Å². The molecule has 0 radical (unpaired) electrons. The number of carboxylic acid groups (broad SMARTS) is 1. The number of benzene rings is 1. The zero-order valence-electron chi connectivity index (χ0n) is 11.2. The molecule has 5 heteroatoms. The molecule has 1 saturated carbocycles. The van der Waals surface area contributed by atoms with Crippen molar-refractivity contribution in [2.24, 2.45) is 11.8 Å². The number of carbonyl (C=O) groups excluding carboxylic acids is 1. The molecule has 1 aliphatic rings. The van der Waals surface area contributed by atoms with E-state index in [1.807, 2.05) is 13.0 Å². The summed E-state index contributed by atoms with van der Waals surface area (Å²) in [7, 11) is 0. The van der Waals surface area contributed by atoms with Crippen LogP contribution in [0.2, 0.25) is 0 Å². The van der Waals surface area contributed by atoms with Crippen molar-refractivity contribution in [1.82, 2.24) is 0 Å². The van der Waals surface area contributed by atoms with Gasteiger partial charge in [-0.1, -0.05) is 6.07 Å². The van der Waals surface area contributed by atoms with E-state index in [0.717, 1.165) is 5.56 Å². The highest BCUT2D eigenvalue weighted by atomic mass is 16.4. The van der Waals surface area contributed by atoms with Gasteiger partial charge in [-0.25, -0.2) is 0 Å². The maximum Gasteiger partial charge on any atom is 0.306 e. The second kappa shape index (κ2) is 5.74. The zero-order chi connectivity index (χ0) is 14.7. The number of nitrogens with one attached hydrogen (secondary N) is 1. The summed E-state index contributed by atoms with van der Waals surface area (Å²) >= 11 is 0. The van der Waals surface area contributed by atoms with E-state index in [1.54, 1.807) is 18.2 Å². The Morgan fingerprint density at radius 3 is 2.65 bits per heavy atom. The lowest BCUT2D eigenvalue weighted by Crippen LogP contribution is -2.22. The van der Waals surface area contributed by atoms with Crippen LogP contribution in [-0.2, 0) is 9.59 Å². The number of carboxylic acids is 1. The smallest absolute Gasteiger partial charge is 0.306 e. The van der Waals surface area contributed by atoms with Gasteiger partial charge in [0, 0.05) is 11.6 Å². The molecule has 2 rings (SSSR count). The van der Waals surface area contributed by atoms with Crippen LogP contribution in [-0.4, -0.2) is 17.0 Å². The van der Waals surface area contributed by atoms with E-state index in [9.17, 15) is 9.59 Å². The van der Waals surface area contributed by atoms with Crippen molar-refractivity contribution >= 4 is 17.6 Å². The van der Waals surface area contributed by atoms with E-state index in [4.69, 9.17) is 10.4 Å². The average molecular weight is 272 g/mol. The Morgan fingerprint density at radius 2 is 2.05 bits per heavy atom. The molecule has 2 unspecified atom stereocenters. The number of amides is 1. The molecule has 20 heavy (non-hydrogen) atoms. The van der Waals surface area contributed by atoms with Crippen LogP contribution in [0.4, 0.5) is 5.69 Å². The molecule has 2 N–H and O–H groups in total. The van der Waals surface area contributed by atoms with E-state index >= 15 is 0 Å². The van der Waals surface area contributed by atoms with Crippen molar-refractivity contribution in [2.75, 3.05) is 5.32 Å². The Hall–Kier alpha value is -2.35. The van der Waals surface area contributed by atoms with Crippen LogP contribution in [0.1, 0.15) is 30.4 Å². The van der Waals surface area contributed by atoms with Crippen LogP contribution < -0.4 is 5.32 Å². The number of rotatable bonds is 3. The van der Waals surface area contributed by atoms with E-state index in [1.165, 1.54) is 0 Å². The topological polar surface area (TPSA) is 90.2 Å². The molecule has 0 saturated heterocycles. The Kier molecular flexibility index (Phi) is 4.04. The molecule has 0 bridgehead atoms. The Bertz CT molecular complexity index is 589. The van der Waals surface area contributed by atoms with Gasteiger partial charge in [0.1, 0.15) is 0 Å². The van der Waals surface area contributed by atoms with E-state index < -0.39 is 11.9 Å². The molecule has 1 aromatic carbocycles. The molecular weight excluding hydrogens is 256 g/mol. The number of aliphatic carboxylic acids is 1. The minimum absolute atomic E-state index is 0.160. The van der Waals surface area contributed by atoms with Crippen LogP contribution in [0.25, 0.3) is 0 Å². The van der Waals surface area contributed by atoms with E-state index in [2.05, 4.69) is 5.32 Å². The van der Waals surface area contributed by atoms with Crippen molar-refractivity contribution in [3.8, 4) is 6.07 Å². The molecule has 0 aliphatic heterocycles. The number of carbonyl (C=O) groups is 2. The quantitative estimate of drug-likeness (QED) is 0.883. The number of hydrogen-bond donors (Lipinski definition) is 2. The van der Waals surface area contributed by atoms with Crippen molar-refractivity contribution < 1.29 is 14.7 Å². The largest absolute Gasteiger partial charge is 0.481 e. The summed E-state index contributed by atoms with van der Waals surface area (Å²) in [6.07, 6.45) is 1.53. The summed E-state index contributed by atoms with van der Waals surface area (Å²) in [6.45, 7) is 1.85. The standard InChI is InChI=1S/C15H16N2O3/c1-9-2-3-10(8-16)6-13(9)17-14(18)11-4-5-12(7-11)15(19)20/h2-3,6,11-12H,4-5,7H2,1H3,(H,17,18)(H,19,20). The van der Waals surface area contributed by atoms with Gasteiger partial charge in [-0.05, 0) is 43.9 Å². The monoisotopic (exact) mass is 272 g/mol. The van der Waals surface area contributed by atoms with Gasteiger partial charge in [0.15, 0.2) is 0 Å². The van der Waals surface area contributed by atoms with Gasteiger partial charge in [0.05, 0.1) is 17.6 Å². The highest BCUT2D eigenvalue weighted by Crippen LogP contribution is 2.32. The van der Waals surface area contributed by atoms with Crippen LogP contribution in [0.5, 0.6) is 0 Å². The lowest BCUT2D eigenvalue weighted by atomic mass is 10.0. The summed E-state index contributed by atoms with van der Waals surface area (Å²) in [5.74, 6) is -1.67. The molecule has 5 nitrogen and oxygen atoms in total. The first kappa shape index (κ1) is 14.1. The van der Waals surface area contributed by atoms with Crippen molar-refractivity contribution in [3.63, 3.8) is 0 Å². The first-order chi connectivity index (χ1) is 9.51. The van der Waals surface area contributed by atoms with Crippen LogP contribution in [0.3, 0.4) is 0 Å². The van der Waals surface area contributed by atoms with Crippen LogP contribution in [0, 0.1) is 30.1 Å². The normalized spacial score (nSPS) is 21.2. The fourth-order valence-corrected chi connectivity index (χ4v) is 2.50. The molecule has 2 atom stereocenters. The van der Waals surface area contributed by atoms with Crippen LogP contribution >= 0.6 is 0 Å². The summed E-state index contributed by atoms with van der Waals surface area (Å²) in [6, 6.07) is 7.14. The molecule has 0 aromatic heterocycles. The van der Waals surface area contributed by atoms with Crippen molar-refractivity contribution in [2.45, 2.75) is 26.2 Å². The number of anilines is 1. The van der Waals surface area contributed by atoms with Crippen molar-refractivity contribution in [3.05, 3.63) is 29.3 Å². The highest BCUT2D eigenvalue weighted by Gasteiger charge is 2.33. The molecule has 104 valence electrons. The summed E-state index contributed by atoms with van der Waals surface area (Å²) < 4.78 is 0. The number of aryl methyl sites for hydroxylation is 1. The average Bonchev–Trinajstić information content (AvgIpc) is 2.91. The first-order valence-electron chi connectivity index (χ1n) is 6.55. The lowest BCUT2D eigenvalue weighted by molar-refractivity contribution is -0.141. The lowest BCUT2D eigenvalue weighted by Gasteiger charge is -2.13. The summed E-state index contributed by atoms with van der Waals surface area (Å²) in [4.78, 5) is 23.0. The molecule has 1 amide bonds. The van der Waals surface area contributed by atoms with Crippen molar-refractivity contribution in [1.29, 1.82) is 5.26 Å². The number of hydrogen-bond acceptors (Lipinski definition) is 3. The highest BCUT2D eigenvalue weighted by molar-refractivity contribution is 5.94. The summed E-state index contributed by atoms with van der Waals surface area (Å²) in [5.41, 5.74) is 1.98. The van der Waals surface area contributed by atoms with E-state index in [0.29, 0.717) is 30.5 Å². The predicted molar refractivity (Wildman–Crippen MR) is 73.0 cm³/mol. The molecular formula is C15H16N2O3. The Morgan fingerprint density at radius 1 is 1.35 bits per heavy atom. The number of nitriles is 1. The molecule has 1 aliphatic carbocycles. The third-order valence-electron chi connectivity index (χ3n) is 3.78. The Balaban J connectivity index is 2.06. The predicted octanol–water partition coefficient (Wildman–Crippen LogP) is 2.31. The third kappa shape index (κ3) is 2.97.